The molecule has 1 N–H and O–H groups in total. The molecule has 0 saturated carbocycles. The lowest BCUT2D eigenvalue weighted by atomic mass is 10.1. The molecular formula is C17H26FN3O2S. The molecule has 0 spiro atoms. The highest BCUT2D eigenvalue weighted by atomic mass is 32.2. The molecule has 1 unspecified atom stereocenters. The molecule has 1 aromatic carbocycles. The third-order valence-electron chi connectivity index (χ3n) is 5.16. The van der Waals surface area contributed by atoms with E-state index in [1.54, 1.807) is 13.0 Å². The number of hydrogen-bond donors (Lipinski definition) is 1. The second-order valence-corrected chi connectivity index (χ2v) is 9.14. The molecule has 7 heteroatoms. The Balaban J connectivity index is 1.79. The summed E-state index contributed by atoms with van der Waals surface area (Å²) in [5, 5.41) is 2.88. The molecule has 2 aliphatic rings. The van der Waals surface area contributed by atoms with E-state index in [0.29, 0.717) is 12.0 Å². The molecule has 1 aromatic rings. The normalized spacial score (nSPS) is 28.0. The quantitative estimate of drug-likeness (QED) is 0.900. The van der Waals surface area contributed by atoms with Crippen LogP contribution in [0.15, 0.2) is 18.2 Å². The van der Waals surface area contributed by atoms with Gasteiger partial charge in [0.15, 0.2) is 0 Å². The predicted molar refractivity (Wildman–Crippen MR) is 94.1 cm³/mol. The maximum absolute atomic E-state index is 14.6. The van der Waals surface area contributed by atoms with E-state index in [2.05, 4.69) is 10.2 Å². The van der Waals surface area contributed by atoms with Crippen molar-refractivity contribution in [2.24, 2.45) is 0 Å². The van der Waals surface area contributed by atoms with Gasteiger partial charge >= 0.3 is 0 Å². The van der Waals surface area contributed by atoms with Crippen molar-refractivity contribution in [1.29, 1.82) is 0 Å². The summed E-state index contributed by atoms with van der Waals surface area (Å²) in [7, 11) is -3.35. The van der Waals surface area contributed by atoms with Gasteiger partial charge in [0.25, 0.3) is 0 Å². The summed E-state index contributed by atoms with van der Waals surface area (Å²) in [6, 6.07) is 5.08. The van der Waals surface area contributed by atoms with Crippen molar-refractivity contribution in [2.45, 2.75) is 44.5 Å². The summed E-state index contributed by atoms with van der Waals surface area (Å²) in [4.78, 5) is 2.14. The number of rotatable bonds is 3. The van der Waals surface area contributed by atoms with Crippen LogP contribution in [0.3, 0.4) is 0 Å². The SMILES string of the molecule is CC1CC[C@H](C)N(Cc2ccc(N3CCNCC3)cc2F)S1(=O)=O. The zero-order valence-electron chi connectivity index (χ0n) is 14.3. The van der Waals surface area contributed by atoms with Gasteiger partial charge in [0.05, 0.1) is 5.25 Å². The third kappa shape index (κ3) is 3.43. The van der Waals surface area contributed by atoms with Crippen molar-refractivity contribution in [1.82, 2.24) is 9.62 Å². The van der Waals surface area contributed by atoms with Crippen LogP contribution >= 0.6 is 0 Å². The van der Waals surface area contributed by atoms with Crippen LogP contribution in [0.25, 0.3) is 0 Å². The molecule has 0 radical (unpaired) electrons. The summed E-state index contributed by atoms with van der Waals surface area (Å²) in [6.45, 7) is 7.24. The molecule has 0 bridgehead atoms. The maximum Gasteiger partial charge on any atom is 0.217 e. The van der Waals surface area contributed by atoms with Gasteiger partial charge in [-0.3, -0.25) is 0 Å². The van der Waals surface area contributed by atoms with Gasteiger partial charge in [0.1, 0.15) is 5.82 Å². The van der Waals surface area contributed by atoms with E-state index in [0.717, 1.165) is 38.3 Å². The van der Waals surface area contributed by atoms with Crippen molar-refractivity contribution < 1.29 is 12.8 Å². The number of nitrogens with zero attached hydrogens (tertiary/aromatic N) is 2. The van der Waals surface area contributed by atoms with Crippen LogP contribution in [-0.4, -0.2) is 50.2 Å². The molecule has 0 aromatic heterocycles. The number of anilines is 1. The van der Waals surface area contributed by atoms with Crippen LogP contribution in [0.2, 0.25) is 0 Å². The number of benzene rings is 1. The zero-order valence-corrected chi connectivity index (χ0v) is 15.2. The second kappa shape index (κ2) is 6.98. The molecule has 2 saturated heterocycles. The number of nitrogens with one attached hydrogen (secondary N) is 1. The second-order valence-electron chi connectivity index (χ2n) is 6.84. The standard InChI is InChI=1S/C17H26FN3O2S/c1-13-3-4-14(2)24(22,23)21(13)12-15-5-6-16(11-17(15)18)20-9-7-19-8-10-20/h5-6,11,13-14,19H,3-4,7-10,12H2,1-2H3/t13-,14?/m0/s1. The Hall–Kier alpha value is -1.18. The van der Waals surface area contributed by atoms with Gasteiger partial charge in [-0.15, -0.1) is 0 Å². The largest absolute Gasteiger partial charge is 0.369 e. The average molecular weight is 355 g/mol. The van der Waals surface area contributed by atoms with Crippen molar-refractivity contribution in [3.8, 4) is 0 Å². The molecule has 2 aliphatic heterocycles. The highest BCUT2D eigenvalue weighted by Crippen LogP contribution is 2.29. The number of halogens is 1. The van der Waals surface area contributed by atoms with Crippen LogP contribution in [-0.2, 0) is 16.6 Å². The number of sulfonamides is 1. The molecule has 2 atom stereocenters. The highest BCUT2D eigenvalue weighted by Gasteiger charge is 2.37. The summed E-state index contributed by atoms with van der Waals surface area (Å²) in [5.74, 6) is -0.327. The minimum atomic E-state index is -3.35. The molecule has 0 amide bonds. The predicted octanol–water partition coefficient (Wildman–Crippen LogP) is 1.94. The number of hydrogen-bond acceptors (Lipinski definition) is 4. The summed E-state index contributed by atoms with van der Waals surface area (Å²) in [6.07, 6.45) is 1.49. The Labute approximate surface area is 143 Å². The van der Waals surface area contributed by atoms with E-state index in [1.165, 1.54) is 10.4 Å². The lowest BCUT2D eigenvalue weighted by Gasteiger charge is -2.36. The monoisotopic (exact) mass is 355 g/mol. The van der Waals surface area contributed by atoms with Gasteiger partial charge in [-0.1, -0.05) is 6.07 Å². The smallest absolute Gasteiger partial charge is 0.217 e. The molecule has 2 heterocycles. The lowest BCUT2D eigenvalue weighted by Crippen LogP contribution is -2.47. The fraction of sp³-hybridized carbons (Fsp3) is 0.647. The van der Waals surface area contributed by atoms with Crippen LogP contribution in [0.4, 0.5) is 10.1 Å². The van der Waals surface area contributed by atoms with Gasteiger partial charge in [-0.05, 0) is 38.8 Å². The van der Waals surface area contributed by atoms with E-state index in [-0.39, 0.29) is 18.4 Å². The van der Waals surface area contributed by atoms with Crippen molar-refractivity contribution in [2.75, 3.05) is 31.1 Å². The topological polar surface area (TPSA) is 52.6 Å². The Morgan fingerprint density at radius 2 is 1.92 bits per heavy atom. The molecule has 5 nitrogen and oxygen atoms in total. The van der Waals surface area contributed by atoms with Crippen LogP contribution < -0.4 is 10.2 Å². The Bertz CT molecular complexity index is 689. The Morgan fingerprint density at radius 3 is 2.58 bits per heavy atom. The molecule has 3 rings (SSSR count). The first-order valence-corrected chi connectivity index (χ1v) is 10.1. The fourth-order valence-corrected chi connectivity index (χ4v) is 5.27. The first-order chi connectivity index (χ1) is 11.4. The van der Waals surface area contributed by atoms with Gasteiger partial charge < -0.3 is 10.2 Å². The molecule has 24 heavy (non-hydrogen) atoms. The van der Waals surface area contributed by atoms with Crippen LogP contribution in [0.5, 0.6) is 0 Å². The van der Waals surface area contributed by atoms with E-state index >= 15 is 0 Å². The van der Waals surface area contributed by atoms with Gasteiger partial charge in [0, 0.05) is 50.0 Å². The van der Waals surface area contributed by atoms with E-state index < -0.39 is 15.3 Å². The molecule has 134 valence electrons. The van der Waals surface area contributed by atoms with Gasteiger partial charge in [-0.25, -0.2) is 12.8 Å². The zero-order chi connectivity index (χ0) is 17.3. The fourth-order valence-electron chi connectivity index (χ4n) is 3.45. The lowest BCUT2D eigenvalue weighted by molar-refractivity contribution is 0.281. The molecule has 2 fully saturated rings. The Kier molecular flexibility index (Phi) is 5.13. The average Bonchev–Trinajstić information content (AvgIpc) is 2.57. The van der Waals surface area contributed by atoms with Crippen molar-refractivity contribution >= 4 is 15.7 Å². The van der Waals surface area contributed by atoms with E-state index in [1.807, 2.05) is 13.0 Å². The molecule has 0 aliphatic carbocycles. The minimum Gasteiger partial charge on any atom is -0.369 e. The Morgan fingerprint density at radius 1 is 1.21 bits per heavy atom. The molecular weight excluding hydrogens is 329 g/mol. The maximum atomic E-state index is 14.6. The first-order valence-electron chi connectivity index (χ1n) is 8.64. The van der Waals surface area contributed by atoms with Crippen molar-refractivity contribution in [3.63, 3.8) is 0 Å². The van der Waals surface area contributed by atoms with Gasteiger partial charge in [0.2, 0.25) is 10.0 Å². The summed E-state index contributed by atoms with van der Waals surface area (Å²) < 4.78 is 41.1. The first kappa shape index (κ1) is 17.6. The van der Waals surface area contributed by atoms with Crippen molar-refractivity contribution in [3.05, 3.63) is 29.6 Å². The van der Waals surface area contributed by atoms with Gasteiger partial charge in [-0.2, -0.15) is 4.31 Å². The van der Waals surface area contributed by atoms with Crippen LogP contribution in [0.1, 0.15) is 32.3 Å². The third-order valence-corrected chi connectivity index (χ3v) is 7.56. The van der Waals surface area contributed by atoms with E-state index in [9.17, 15) is 12.8 Å². The van der Waals surface area contributed by atoms with Crippen LogP contribution in [0, 0.1) is 5.82 Å². The highest BCUT2D eigenvalue weighted by molar-refractivity contribution is 7.89. The summed E-state index contributed by atoms with van der Waals surface area (Å²) >= 11 is 0. The summed E-state index contributed by atoms with van der Waals surface area (Å²) in [5.41, 5.74) is 1.30. The number of piperazine rings is 1. The minimum absolute atomic E-state index is 0.0848. The van der Waals surface area contributed by atoms with E-state index in [4.69, 9.17) is 0 Å².